The molecule has 2 fully saturated rings. The molecule has 222 valence electrons. The van der Waals surface area contributed by atoms with Crippen molar-refractivity contribution in [2.45, 2.75) is 26.7 Å². The summed E-state index contributed by atoms with van der Waals surface area (Å²) in [6, 6.07) is 12.7. The number of rotatable bonds is 15. The number of nitrogens with zero attached hydrogens (tertiary/aromatic N) is 2. The summed E-state index contributed by atoms with van der Waals surface area (Å²) in [6.45, 7) is 14.8. The lowest BCUT2D eigenvalue weighted by molar-refractivity contribution is 0.0320. The first-order valence-electron chi connectivity index (χ1n) is 14.8. The third-order valence-corrected chi connectivity index (χ3v) is 8.08. The average molecular weight is 557 g/mol. The van der Waals surface area contributed by atoms with Crippen LogP contribution in [0.25, 0.3) is 0 Å². The largest absolute Gasteiger partial charge is 0.493 e. The second kappa shape index (κ2) is 16.1. The minimum Gasteiger partial charge on any atom is -0.493 e. The van der Waals surface area contributed by atoms with Crippen molar-refractivity contribution in [3.63, 3.8) is 0 Å². The molecule has 0 aliphatic carbocycles. The summed E-state index contributed by atoms with van der Waals surface area (Å²) in [7, 11) is 3.42. The molecule has 2 aromatic carbocycles. The summed E-state index contributed by atoms with van der Waals surface area (Å²) >= 11 is 0. The van der Waals surface area contributed by atoms with E-state index in [0.29, 0.717) is 25.0 Å². The van der Waals surface area contributed by atoms with Gasteiger partial charge in [0.15, 0.2) is 23.0 Å². The first-order valence-corrected chi connectivity index (χ1v) is 14.8. The summed E-state index contributed by atoms with van der Waals surface area (Å²) in [5.41, 5.74) is 2.52. The van der Waals surface area contributed by atoms with E-state index in [1.54, 1.807) is 14.2 Å². The van der Waals surface area contributed by atoms with E-state index in [4.69, 9.17) is 28.4 Å². The fourth-order valence-corrected chi connectivity index (χ4v) is 5.28. The van der Waals surface area contributed by atoms with Crippen LogP contribution < -0.4 is 18.9 Å². The van der Waals surface area contributed by atoms with E-state index in [1.807, 2.05) is 12.1 Å². The molecule has 0 amide bonds. The Morgan fingerprint density at radius 2 is 1.02 bits per heavy atom. The highest BCUT2D eigenvalue weighted by Crippen LogP contribution is 2.32. The van der Waals surface area contributed by atoms with E-state index in [-0.39, 0.29) is 0 Å². The predicted molar refractivity (Wildman–Crippen MR) is 157 cm³/mol. The van der Waals surface area contributed by atoms with Gasteiger partial charge in [-0.1, -0.05) is 26.0 Å². The lowest BCUT2D eigenvalue weighted by atomic mass is 9.85. The number of benzene rings is 2. The quantitative estimate of drug-likeness (QED) is 0.324. The molecular formula is C32H48N2O6. The van der Waals surface area contributed by atoms with Gasteiger partial charge in [0.2, 0.25) is 0 Å². The van der Waals surface area contributed by atoms with Crippen LogP contribution in [-0.4, -0.2) is 103 Å². The molecule has 2 aliphatic heterocycles. The first kappa shape index (κ1) is 30.4. The summed E-state index contributed by atoms with van der Waals surface area (Å²) in [5.74, 6) is 4.20. The second-order valence-corrected chi connectivity index (χ2v) is 10.9. The van der Waals surface area contributed by atoms with Gasteiger partial charge >= 0.3 is 0 Å². The van der Waals surface area contributed by atoms with Crippen molar-refractivity contribution in [1.82, 2.24) is 9.80 Å². The zero-order valence-corrected chi connectivity index (χ0v) is 24.9. The van der Waals surface area contributed by atoms with Crippen LogP contribution >= 0.6 is 0 Å². The highest BCUT2D eigenvalue weighted by atomic mass is 16.5. The Morgan fingerprint density at radius 1 is 0.625 bits per heavy atom. The molecule has 2 atom stereocenters. The van der Waals surface area contributed by atoms with Crippen LogP contribution in [0.1, 0.15) is 25.0 Å². The molecule has 0 aromatic heterocycles. The molecule has 2 aromatic rings. The lowest BCUT2D eigenvalue weighted by Crippen LogP contribution is -2.38. The van der Waals surface area contributed by atoms with Crippen molar-refractivity contribution < 1.29 is 28.4 Å². The van der Waals surface area contributed by atoms with E-state index in [2.05, 4.69) is 47.9 Å². The number of methoxy groups -OCH3 is 2. The van der Waals surface area contributed by atoms with E-state index in [9.17, 15) is 0 Å². The van der Waals surface area contributed by atoms with Crippen molar-refractivity contribution in [2.24, 2.45) is 11.8 Å². The molecule has 0 spiro atoms. The zero-order valence-electron chi connectivity index (χ0n) is 24.9. The van der Waals surface area contributed by atoms with Crippen molar-refractivity contribution in [3.8, 4) is 23.0 Å². The Balaban J connectivity index is 1.25. The maximum atomic E-state index is 6.07. The van der Waals surface area contributed by atoms with Gasteiger partial charge < -0.3 is 28.4 Å². The highest BCUT2D eigenvalue weighted by Gasteiger charge is 2.17. The summed E-state index contributed by atoms with van der Waals surface area (Å²) in [4.78, 5) is 4.74. The molecule has 0 saturated carbocycles. The van der Waals surface area contributed by atoms with Crippen LogP contribution in [0.4, 0.5) is 0 Å². The summed E-state index contributed by atoms with van der Waals surface area (Å²) < 4.78 is 34.3. The maximum Gasteiger partial charge on any atom is 0.161 e. The molecule has 0 N–H and O–H groups in total. The number of hydrogen-bond donors (Lipinski definition) is 0. The van der Waals surface area contributed by atoms with Crippen molar-refractivity contribution in [2.75, 3.05) is 93.1 Å². The number of ether oxygens (including phenoxy) is 6. The van der Waals surface area contributed by atoms with Gasteiger partial charge in [0, 0.05) is 39.3 Å². The zero-order chi connectivity index (χ0) is 28.2. The van der Waals surface area contributed by atoms with Crippen LogP contribution in [0, 0.1) is 11.8 Å². The molecule has 8 heteroatoms. The Kier molecular flexibility index (Phi) is 12.2. The number of hydrogen-bond acceptors (Lipinski definition) is 8. The van der Waals surface area contributed by atoms with Crippen LogP contribution in [-0.2, 0) is 22.3 Å². The standard InChI is InChI=1S/C32H48N2O6/c1-25(21-27-5-7-29(31(23-27)35-3)39-19-13-33-9-15-37-16-10-33)26(2)22-28-6-8-30(32(24-28)36-4)40-20-14-34-11-17-38-18-12-34/h5-8,23-26H,9-22H2,1-4H3/t25-,26+. The van der Waals surface area contributed by atoms with Gasteiger partial charge in [0.25, 0.3) is 0 Å². The monoisotopic (exact) mass is 556 g/mol. The Morgan fingerprint density at radius 3 is 1.40 bits per heavy atom. The molecule has 0 bridgehead atoms. The van der Waals surface area contributed by atoms with Crippen molar-refractivity contribution in [1.29, 1.82) is 0 Å². The Labute approximate surface area is 240 Å². The molecule has 40 heavy (non-hydrogen) atoms. The SMILES string of the molecule is COc1cc(C[C@@H](C)[C@@H](C)Cc2ccc(OCCN3CCOCC3)c(OC)c2)ccc1OCCN1CCOCC1. The third-order valence-electron chi connectivity index (χ3n) is 8.08. The minimum atomic E-state index is 0.494. The highest BCUT2D eigenvalue weighted by molar-refractivity contribution is 5.44. The molecule has 4 rings (SSSR count). The normalized spacial score (nSPS) is 18.2. The minimum absolute atomic E-state index is 0.494. The van der Waals surface area contributed by atoms with E-state index in [1.165, 1.54) is 11.1 Å². The Hall–Kier alpha value is -2.52. The van der Waals surface area contributed by atoms with Crippen molar-refractivity contribution >= 4 is 0 Å². The van der Waals surface area contributed by atoms with E-state index in [0.717, 1.165) is 102 Å². The topological polar surface area (TPSA) is 61.9 Å². The smallest absolute Gasteiger partial charge is 0.161 e. The van der Waals surface area contributed by atoms with Gasteiger partial charge in [-0.25, -0.2) is 0 Å². The fourth-order valence-electron chi connectivity index (χ4n) is 5.28. The molecule has 2 aliphatic rings. The Bertz CT molecular complexity index is 941. The summed E-state index contributed by atoms with van der Waals surface area (Å²) in [5, 5.41) is 0. The van der Waals surface area contributed by atoms with Crippen LogP contribution in [0.15, 0.2) is 36.4 Å². The maximum absolute atomic E-state index is 6.07. The van der Waals surface area contributed by atoms with E-state index >= 15 is 0 Å². The van der Waals surface area contributed by atoms with Crippen molar-refractivity contribution in [3.05, 3.63) is 47.5 Å². The van der Waals surface area contributed by atoms with E-state index < -0.39 is 0 Å². The first-order chi connectivity index (χ1) is 19.6. The second-order valence-electron chi connectivity index (χ2n) is 10.9. The third kappa shape index (κ3) is 9.26. The van der Waals surface area contributed by atoms with Gasteiger partial charge in [0.05, 0.1) is 40.6 Å². The van der Waals surface area contributed by atoms with Crippen LogP contribution in [0.3, 0.4) is 0 Å². The number of morpholine rings is 2. The molecule has 0 unspecified atom stereocenters. The molecule has 0 radical (unpaired) electrons. The van der Waals surface area contributed by atoms with Gasteiger partial charge in [-0.05, 0) is 60.1 Å². The van der Waals surface area contributed by atoms with Crippen LogP contribution in [0.2, 0.25) is 0 Å². The average Bonchev–Trinajstić information content (AvgIpc) is 2.99. The summed E-state index contributed by atoms with van der Waals surface area (Å²) in [6.07, 6.45) is 1.96. The van der Waals surface area contributed by atoms with Gasteiger partial charge in [0.1, 0.15) is 13.2 Å². The fraction of sp³-hybridized carbons (Fsp3) is 0.625. The van der Waals surface area contributed by atoms with Gasteiger partial charge in [-0.15, -0.1) is 0 Å². The molecule has 2 heterocycles. The van der Waals surface area contributed by atoms with Gasteiger partial charge in [-0.2, -0.15) is 0 Å². The van der Waals surface area contributed by atoms with Crippen LogP contribution in [0.5, 0.6) is 23.0 Å². The molecule has 2 saturated heterocycles. The van der Waals surface area contributed by atoms with Gasteiger partial charge in [-0.3, -0.25) is 9.80 Å². The lowest BCUT2D eigenvalue weighted by Gasteiger charge is -2.26. The molecule has 8 nitrogen and oxygen atoms in total. The molecular weight excluding hydrogens is 508 g/mol. The predicted octanol–water partition coefficient (Wildman–Crippen LogP) is 4.18.